The summed E-state index contributed by atoms with van der Waals surface area (Å²) in [5.74, 6) is -1.01. The minimum atomic E-state index is -0.655. The number of hydrogen-bond acceptors (Lipinski definition) is 4. The Kier molecular flexibility index (Phi) is 5.60. The zero-order valence-electron chi connectivity index (χ0n) is 6.83. The molecule has 5 nitrogen and oxygen atoms in total. The first-order valence-corrected chi connectivity index (χ1v) is 3.53. The lowest BCUT2D eigenvalue weighted by atomic mass is 10.4. The Balaban J connectivity index is 3.16. The lowest BCUT2D eigenvalue weighted by Gasteiger charge is -2.01. The Hall–Kier alpha value is -1.39. The molecule has 0 aromatic carbocycles. The van der Waals surface area contributed by atoms with Gasteiger partial charge in [0.05, 0.1) is 6.61 Å². The molecular formula is C7H11NO4. The Bertz CT molecular complexity index is 178. The molecule has 0 heterocycles. The first kappa shape index (κ1) is 10.6. The zero-order chi connectivity index (χ0) is 9.40. The second kappa shape index (κ2) is 6.33. The topological polar surface area (TPSA) is 72.5 Å². The van der Waals surface area contributed by atoms with Crippen molar-refractivity contribution in [3.05, 3.63) is 0 Å². The predicted molar refractivity (Wildman–Crippen MR) is 40.3 cm³/mol. The highest BCUT2D eigenvalue weighted by atomic mass is 16.5. The monoisotopic (exact) mass is 173 g/mol. The van der Waals surface area contributed by atoms with Gasteiger partial charge in [0.15, 0.2) is 0 Å². The van der Waals surface area contributed by atoms with Crippen molar-refractivity contribution in [3.63, 3.8) is 0 Å². The maximum atomic E-state index is 10.3. The molecule has 5 heteroatoms. The van der Waals surface area contributed by atoms with Crippen LogP contribution < -0.4 is 5.32 Å². The minimum absolute atomic E-state index is 0.200. The van der Waals surface area contributed by atoms with Gasteiger partial charge in [0.1, 0.15) is 0 Å². The second-order valence-electron chi connectivity index (χ2n) is 2.10. The van der Waals surface area contributed by atoms with E-state index in [4.69, 9.17) is 0 Å². The molecule has 0 saturated carbocycles. The van der Waals surface area contributed by atoms with E-state index in [-0.39, 0.29) is 18.9 Å². The molecule has 68 valence electrons. The molecule has 0 atom stereocenters. The maximum absolute atomic E-state index is 10.3. The highest BCUT2D eigenvalue weighted by Gasteiger charge is 1.96. The molecule has 0 bridgehead atoms. The van der Waals surface area contributed by atoms with Crippen LogP contribution in [0.3, 0.4) is 0 Å². The van der Waals surface area contributed by atoms with Crippen LogP contribution in [0.5, 0.6) is 0 Å². The number of amides is 1. The number of nitrogens with one attached hydrogen (secondary N) is 1. The van der Waals surface area contributed by atoms with Crippen molar-refractivity contribution in [2.75, 3.05) is 13.2 Å². The van der Waals surface area contributed by atoms with E-state index < -0.39 is 5.91 Å². The molecule has 0 saturated heterocycles. The van der Waals surface area contributed by atoms with Gasteiger partial charge in [-0.15, -0.1) is 0 Å². The van der Waals surface area contributed by atoms with Crippen molar-refractivity contribution < 1.29 is 19.1 Å². The molecule has 12 heavy (non-hydrogen) atoms. The van der Waals surface area contributed by atoms with E-state index in [1.807, 2.05) is 0 Å². The molecule has 0 aliphatic heterocycles. The number of esters is 1. The highest BCUT2D eigenvalue weighted by molar-refractivity contribution is 6.23. The van der Waals surface area contributed by atoms with E-state index in [1.54, 1.807) is 0 Å². The van der Waals surface area contributed by atoms with Crippen LogP contribution >= 0.6 is 0 Å². The molecular weight excluding hydrogens is 162 g/mol. The van der Waals surface area contributed by atoms with Gasteiger partial charge in [0.25, 0.3) is 5.91 Å². The summed E-state index contributed by atoms with van der Waals surface area (Å²) in [5.41, 5.74) is 0. The second-order valence-corrected chi connectivity index (χ2v) is 2.10. The number of hydrogen-bond donors (Lipinski definition) is 1. The molecule has 0 spiro atoms. The Morgan fingerprint density at radius 3 is 2.67 bits per heavy atom. The van der Waals surface area contributed by atoms with Crippen molar-refractivity contribution in [1.29, 1.82) is 0 Å². The van der Waals surface area contributed by atoms with E-state index in [2.05, 4.69) is 10.1 Å². The summed E-state index contributed by atoms with van der Waals surface area (Å²) < 4.78 is 4.58. The fourth-order valence-corrected chi connectivity index (χ4v) is 0.541. The van der Waals surface area contributed by atoms with Gasteiger partial charge in [0, 0.05) is 13.5 Å². The van der Waals surface area contributed by atoms with Crippen LogP contribution in [0.15, 0.2) is 0 Å². The predicted octanol–water partition coefficient (Wildman–Crippen LogP) is -0.745. The lowest BCUT2D eigenvalue weighted by Crippen LogP contribution is -2.26. The zero-order valence-corrected chi connectivity index (χ0v) is 6.83. The molecule has 0 aliphatic rings. The van der Waals surface area contributed by atoms with Crippen molar-refractivity contribution >= 4 is 18.2 Å². The van der Waals surface area contributed by atoms with Gasteiger partial charge in [-0.25, -0.2) is 0 Å². The summed E-state index contributed by atoms with van der Waals surface area (Å²) in [5, 5.41) is 2.31. The van der Waals surface area contributed by atoms with E-state index in [0.717, 1.165) is 0 Å². The summed E-state index contributed by atoms with van der Waals surface area (Å²) in [6.07, 6.45) is 0.713. The summed E-state index contributed by atoms with van der Waals surface area (Å²) in [6.45, 7) is 1.91. The third-order valence-electron chi connectivity index (χ3n) is 1.03. The molecule has 1 amide bonds. The van der Waals surface area contributed by atoms with Crippen LogP contribution in [0.4, 0.5) is 0 Å². The number of carbonyl (C=O) groups is 3. The molecule has 0 aromatic heterocycles. The van der Waals surface area contributed by atoms with Crippen LogP contribution in [0.1, 0.15) is 13.3 Å². The minimum Gasteiger partial charge on any atom is -0.466 e. The largest absolute Gasteiger partial charge is 0.466 e. The molecule has 1 N–H and O–H groups in total. The Morgan fingerprint density at radius 1 is 1.50 bits per heavy atom. The van der Waals surface area contributed by atoms with Gasteiger partial charge >= 0.3 is 5.97 Å². The summed E-state index contributed by atoms with van der Waals surface area (Å²) in [6, 6.07) is 0. The molecule has 0 aromatic rings. The van der Waals surface area contributed by atoms with Crippen LogP contribution in [0.2, 0.25) is 0 Å². The summed E-state index contributed by atoms with van der Waals surface area (Å²) >= 11 is 0. The normalized spacial score (nSPS) is 8.75. The first-order chi connectivity index (χ1) is 5.66. The van der Waals surface area contributed by atoms with E-state index in [9.17, 15) is 14.4 Å². The van der Waals surface area contributed by atoms with Crippen LogP contribution in [0.25, 0.3) is 0 Å². The Morgan fingerprint density at radius 2 is 2.17 bits per heavy atom. The Labute approximate surface area is 70.1 Å². The molecule has 0 unspecified atom stereocenters. The van der Waals surface area contributed by atoms with Gasteiger partial charge in [-0.3, -0.25) is 14.4 Å². The fourth-order valence-electron chi connectivity index (χ4n) is 0.541. The van der Waals surface area contributed by atoms with E-state index >= 15 is 0 Å². The van der Waals surface area contributed by atoms with Gasteiger partial charge in [-0.2, -0.15) is 0 Å². The summed E-state index contributed by atoms with van der Waals surface area (Å²) in [7, 11) is 0. The molecule has 0 fully saturated rings. The quantitative estimate of drug-likeness (QED) is 0.257. The van der Waals surface area contributed by atoms with Crippen molar-refractivity contribution in [2.45, 2.75) is 13.3 Å². The van der Waals surface area contributed by atoms with Crippen molar-refractivity contribution in [3.8, 4) is 0 Å². The SMILES string of the molecule is CC(=O)OCCCNC(=O)C=O. The van der Waals surface area contributed by atoms with E-state index in [0.29, 0.717) is 13.0 Å². The van der Waals surface area contributed by atoms with Gasteiger partial charge in [-0.1, -0.05) is 0 Å². The van der Waals surface area contributed by atoms with E-state index in [1.165, 1.54) is 6.92 Å². The fraction of sp³-hybridized carbons (Fsp3) is 0.571. The number of aldehydes is 1. The maximum Gasteiger partial charge on any atom is 0.302 e. The third-order valence-corrected chi connectivity index (χ3v) is 1.03. The number of rotatable bonds is 5. The average Bonchev–Trinajstić information content (AvgIpc) is 2.03. The van der Waals surface area contributed by atoms with Gasteiger partial charge in [0.2, 0.25) is 6.29 Å². The van der Waals surface area contributed by atoms with Crippen LogP contribution in [-0.4, -0.2) is 31.3 Å². The molecule has 0 rings (SSSR count). The smallest absolute Gasteiger partial charge is 0.302 e. The number of carbonyl (C=O) groups excluding carboxylic acids is 3. The molecule has 0 radical (unpaired) electrons. The standard InChI is InChI=1S/C7H11NO4/c1-6(10)12-4-2-3-8-7(11)5-9/h5H,2-4H2,1H3,(H,8,11). The van der Waals surface area contributed by atoms with Crippen LogP contribution in [-0.2, 0) is 19.1 Å². The lowest BCUT2D eigenvalue weighted by molar-refractivity contribution is -0.141. The van der Waals surface area contributed by atoms with Crippen molar-refractivity contribution in [1.82, 2.24) is 5.32 Å². The first-order valence-electron chi connectivity index (χ1n) is 3.53. The third kappa shape index (κ3) is 6.73. The highest BCUT2D eigenvalue weighted by Crippen LogP contribution is 1.81. The number of ether oxygens (including phenoxy) is 1. The molecule has 0 aliphatic carbocycles. The van der Waals surface area contributed by atoms with Gasteiger partial charge < -0.3 is 10.1 Å². The van der Waals surface area contributed by atoms with Crippen molar-refractivity contribution in [2.24, 2.45) is 0 Å². The summed E-state index contributed by atoms with van der Waals surface area (Å²) in [4.78, 5) is 30.3. The van der Waals surface area contributed by atoms with Gasteiger partial charge in [-0.05, 0) is 6.42 Å². The van der Waals surface area contributed by atoms with Crippen LogP contribution in [0, 0.1) is 0 Å². The average molecular weight is 173 g/mol.